The summed E-state index contributed by atoms with van der Waals surface area (Å²) in [6.07, 6.45) is 5.07. The van der Waals surface area contributed by atoms with Gasteiger partial charge < -0.3 is 49.0 Å². The maximum Gasteiger partial charge on any atom is 0.326 e. The first-order chi connectivity index (χ1) is 17.0. The minimum Gasteiger partial charge on any atom is -0.480 e. The molecule has 0 saturated carbocycles. The van der Waals surface area contributed by atoms with Crippen LogP contribution in [0.15, 0.2) is 17.5 Å². The molecule has 13 N–H and O–H groups in total. The van der Waals surface area contributed by atoms with Crippen molar-refractivity contribution in [3.63, 3.8) is 0 Å². The maximum atomic E-state index is 12.9. The fourth-order valence-electron chi connectivity index (χ4n) is 3.18. The molecule has 0 radical (unpaired) electrons. The predicted molar refractivity (Wildman–Crippen MR) is 132 cm³/mol. The fourth-order valence-corrected chi connectivity index (χ4v) is 3.18. The van der Waals surface area contributed by atoms with Crippen LogP contribution in [0.2, 0.25) is 0 Å². The van der Waals surface area contributed by atoms with Crippen LogP contribution in [-0.2, 0) is 25.6 Å². The third-order valence-electron chi connectivity index (χ3n) is 5.23. The first kappa shape index (κ1) is 30.3. The van der Waals surface area contributed by atoms with E-state index in [9.17, 15) is 24.3 Å². The average Bonchev–Trinajstić information content (AvgIpc) is 3.33. The van der Waals surface area contributed by atoms with Gasteiger partial charge in [0.25, 0.3) is 0 Å². The molecule has 0 spiro atoms. The van der Waals surface area contributed by atoms with Gasteiger partial charge in [0.2, 0.25) is 17.7 Å². The van der Waals surface area contributed by atoms with Crippen molar-refractivity contribution in [1.82, 2.24) is 25.9 Å². The normalized spacial score (nSPS) is 14.1. The largest absolute Gasteiger partial charge is 0.480 e. The molecule has 15 nitrogen and oxygen atoms in total. The molecule has 202 valence electrons. The summed E-state index contributed by atoms with van der Waals surface area (Å²) in [6.45, 7) is 2.14. The number of nitrogens with two attached hydrogens (primary N) is 4. The number of aromatic amines is 1. The summed E-state index contributed by atoms with van der Waals surface area (Å²) >= 11 is 0. The lowest BCUT2D eigenvalue weighted by molar-refractivity contribution is -0.142. The van der Waals surface area contributed by atoms with Crippen LogP contribution in [0.5, 0.6) is 0 Å². The summed E-state index contributed by atoms with van der Waals surface area (Å²) in [5, 5.41) is 17.0. The number of carbonyl (C=O) groups excluding carboxylic acids is 3. The van der Waals surface area contributed by atoms with E-state index in [1.54, 1.807) is 0 Å². The number of unbranched alkanes of at least 4 members (excludes halogenated alkanes) is 1. The van der Waals surface area contributed by atoms with Crippen molar-refractivity contribution in [2.24, 2.45) is 27.9 Å². The number of nitrogens with one attached hydrogen (secondary N) is 4. The van der Waals surface area contributed by atoms with Crippen molar-refractivity contribution in [1.29, 1.82) is 0 Å². The number of nitrogens with zero attached hydrogens (tertiary/aromatic N) is 2. The van der Waals surface area contributed by atoms with Gasteiger partial charge in [-0.25, -0.2) is 9.78 Å². The van der Waals surface area contributed by atoms with Crippen molar-refractivity contribution >= 4 is 29.7 Å². The number of carboxylic acid groups (broad SMARTS) is 1. The number of aromatic nitrogens is 2. The van der Waals surface area contributed by atoms with E-state index in [0.29, 0.717) is 44.5 Å². The smallest absolute Gasteiger partial charge is 0.326 e. The molecule has 36 heavy (non-hydrogen) atoms. The highest BCUT2D eigenvalue weighted by molar-refractivity contribution is 5.93. The molecule has 1 aromatic heterocycles. The quantitative estimate of drug-likeness (QED) is 0.0582. The number of imidazole rings is 1. The Kier molecular flexibility index (Phi) is 13.5. The Hall–Kier alpha value is -3.72. The molecule has 0 aliphatic rings. The zero-order chi connectivity index (χ0) is 27.1. The zero-order valence-corrected chi connectivity index (χ0v) is 20.4. The van der Waals surface area contributed by atoms with Crippen molar-refractivity contribution in [2.45, 2.75) is 69.6 Å². The molecule has 1 aromatic rings. The minimum atomic E-state index is -1.24. The molecule has 0 fully saturated rings. The van der Waals surface area contributed by atoms with E-state index >= 15 is 0 Å². The van der Waals surface area contributed by atoms with E-state index < -0.39 is 47.9 Å². The minimum absolute atomic E-state index is 0.0133. The summed E-state index contributed by atoms with van der Waals surface area (Å²) in [4.78, 5) is 59.9. The Morgan fingerprint density at radius 1 is 1.03 bits per heavy atom. The second kappa shape index (κ2) is 16.0. The van der Waals surface area contributed by atoms with E-state index in [2.05, 4.69) is 30.9 Å². The lowest BCUT2D eigenvalue weighted by atomic mass is 10.1. The van der Waals surface area contributed by atoms with Crippen LogP contribution in [0.4, 0.5) is 0 Å². The third-order valence-corrected chi connectivity index (χ3v) is 5.23. The molecule has 0 bridgehead atoms. The molecule has 0 aliphatic carbocycles. The van der Waals surface area contributed by atoms with Crippen molar-refractivity contribution in [3.8, 4) is 0 Å². The Morgan fingerprint density at radius 2 is 1.72 bits per heavy atom. The third kappa shape index (κ3) is 11.6. The Balaban J connectivity index is 2.71. The van der Waals surface area contributed by atoms with Gasteiger partial charge in [0.1, 0.15) is 18.1 Å². The average molecular weight is 511 g/mol. The molecule has 0 aliphatic heterocycles. The summed E-state index contributed by atoms with van der Waals surface area (Å²) in [5.41, 5.74) is 22.5. The number of H-pyrrole nitrogens is 1. The molecule has 3 amide bonds. The van der Waals surface area contributed by atoms with Gasteiger partial charge in [-0.1, -0.05) is 0 Å². The fraction of sp³-hybridized carbons (Fsp3) is 0.619. The summed E-state index contributed by atoms with van der Waals surface area (Å²) in [7, 11) is 0. The van der Waals surface area contributed by atoms with Crippen LogP contribution in [0, 0.1) is 0 Å². The van der Waals surface area contributed by atoms with Crippen molar-refractivity contribution < 1.29 is 24.3 Å². The zero-order valence-electron chi connectivity index (χ0n) is 20.4. The van der Waals surface area contributed by atoms with Gasteiger partial charge in [0.05, 0.1) is 12.4 Å². The van der Waals surface area contributed by atoms with Crippen LogP contribution < -0.4 is 38.9 Å². The first-order valence-electron chi connectivity index (χ1n) is 11.7. The SMILES string of the molecule is CC(NC(=O)C(CCCCN)NC(=O)C(N)CCCN=C(N)N)C(=O)NC(Cc1cnc[nH]1)C(=O)O. The molecule has 1 rings (SSSR count). The number of guanidine groups is 1. The van der Waals surface area contributed by atoms with Gasteiger partial charge in [0.15, 0.2) is 5.96 Å². The first-order valence-corrected chi connectivity index (χ1v) is 11.7. The Labute approximate surface area is 209 Å². The number of hydrogen-bond donors (Lipinski definition) is 9. The number of hydrogen-bond acceptors (Lipinski definition) is 8. The van der Waals surface area contributed by atoms with Gasteiger partial charge in [-0.15, -0.1) is 0 Å². The van der Waals surface area contributed by atoms with E-state index in [1.807, 2.05) is 0 Å². The highest BCUT2D eigenvalue weighted by Gasteiger charge is 2.28. The number of aliphatic imine (C=N–C) groups is 1. The molecule has 0 saturated heterocycles. The highest BCUT2D eigenvalue weighted by Crippen LogP contribution is 2.05. The summed E-state index contributed by atoms with van der Waals surface area (Å²) < 4.78 is 0. The van der Waals surface area contributed by atoms with E-state index in [4.69, 9.17) is 22.9 Å². The standard InChI is InChI=1S/C21H38N10O5/c1-12(17(32)31-16(20(35)36)9-13-10-26-11-28-13)29-19(34)15(6-2-3-7-22)30-18(33)14(23)5-4-8-27-21(24)25/h10-12,14-16H,2-9,22-23H2,1H3,(H,26,28)(H,29,34)(H,30,33)(H,31,32)(H,35,36)(H4,24,25,27). The number of carbonyl (C=O) groups is 4. The van der Waals surface area contributed by atoms with E-state index in [1.165, 1.54) is 19.4 Å². The topological polar surface area (TPSA) is 270 Å². The molecule has 4 unspecified atom stereocenters. The maximum absolute atomic E-state index is 12.9. The van der Waals surface area contributed by atoms with Gasteiger partial charge in [0, 0.05) is 24.9 Å². The van der Waals surface area contributed by atoms with Crippen molar-refractivity contribution in [3.05, 3.63) is 18.2 Å². The molecular formula is C21H38N10O5. The van der Waals surface area contributed by atoms with Crippen LogP contribution in [0.1, 0.15) is 44.7 Å². The number of carboxylic acids is 1. The van der Waals surface area contributed by atoms with E-state index in [-0.39, 0.29) is 18.8 Å². The summed E-state index contributed by atoms with van der Waals surface area (Å²) in [6, 6.07) is -4.13. The molecule has 1 heterocycles. The van der Waals surface area contributed by atoms with Crippen molar-refractivity contribution in [2.75, 3.05) is 13.1 Å². The Morgan fingerprint density at radius 3 is 2.31 bits per heavy atom. The number of aliphatic carboxylic acids is 1. The van der Waals surface area contributed by atoms with Crippen LogP contribution in [-0.4, -0.2) is 82.0 Å². The second-order valence-corrected chi connectivity index (χ2v) is 8.31. The Bertz CT molecular complexity index is 872. The predicted octanol–water partition coefficient (Wildman–Crippen LogP) is -2.98. The molecule has 4 atom stereocenters. The van der Waals surface area contributed by atoms with Crippen LogP contribution in [0.3, 0.4) is 0 Å². The van der Waals surface area contributed by atoms with E-state index in [0.717, 1.165) is 0 Å². The molecule has 0 aromatic carbocycles. The van der Waals surface area contributed by atoms with Gasteiger partial charge in [-0.2, -0.15) is 0 Å². The summed E-state index contributed by atoms with van der Waals surface area (Å²) in [5.74, 6) is -3.12. The molecule has 15 heteroatoms. The van der Waals surface area contributed by atoms with Crippen LogP contribution >= 0.6 is 0 Å². The lowest BCUT2D eigenvalue weighted by Crippen LogP contribution is -2.56. The highest BCUT2D eigenvalue weighted by atomic mass is 16.4. The molecular weight excluding hydrogens is 472 g/mol. The lowest BCUT2D eigenvalue weighted by Gasteiger charge is -2.23. The second-order valence-electron chi connectivity index (χ2n) is 8.31. The number of amides is 3. The van der Waals surface area contributed by atoms with Gasteiger partial charge in [-0.05, 0) is 45.6 Å². The van der Waals surface area contributed by atoms with Gasteiger partial charge >= 0.3 is 5.97 Å². The van der Waals surface area contributed by atoms with Crippen LogP contribution in [0.25, 0.3) is 0 Å². The monoisotopic (exact) mass is 510 g/mol. The number of rotatable bonds is 17. The van der Waals surface area contributed by atoms with Gasteiger partial charge in [-0.3, -0.25) is 19.4 Å².